The summed E-state index contributed by atoms with van der Waals surface area (Å²) in [6.07, 6.45) is 2.68. The van der Waals surface area contributed by atoms with Crippen LogP contribution in [0.3, 0.4) is 0 Å². The van der Waals surface area contributed by atoms with Gasteiger partial charge in [-0.05, 0) is 42.0 Å². The maximum Gasteiger partial charge on any atom is 0.181 e. The third-order valence-electron chi connectivity index (χ3n) is 5.45. The second-order valence-corrected chi connectivity index (χ2v) is 8.36. The summed E-state index contributed by atoms with van der Waals surface area (Å²) in [5, 5.41) is 7.79. The van der Waals surface area contributed by atoms with Gasteiger partial charge in [0.05, 0.1) is 5.69 Å². The van der Waals surface area contributed by atoms with Crippen molar-refractivity contribution in [3.05, 3.63) is 36.3 Å². The lowest BCUT2D eigenvalue weighted by atomic mass is 9.79. The Kier molecular flexibility index (Phi) is 4.34. The van der Waals surface area contributed by atoms with E-state index in [0.717, 1.165) is 30.7 Å². The number of aromatic amines is 1. The Hall–Kier alpha value is -2.54. The smallest absolute Gasteiger partial charge is 0.181 e. The Bertz CT molecular complexity index is 961. The molecule has 4 heterocycles. The van der Waals surface area contributed by atoms with Crippen LogP contribution in [0.15, 0.2) is 30.5 Å². The van der Waals surface area contributed by atoms with Gasteiger partial charge in [0.2, 0.25) is 0 Å². The first-order chi connectivity index (χ1) is 12.8. The standard InChI is InChI=1S/C20H25FN6/c1-20(2,3)18(22)12-8-10-27(11-12)15-7-6-14(21)17(24-15)16-13-5-4-9-23-19(13)26-25-16/h4-7,9,12,18H,8,10-11,22H2,1-3H3,(H,23,25,26). The molecule has 0 amide bonds. The Morgan fingerprint density at radius 3 is 2.89 bits per heavy atom. The average Bonchev–Trinajstić information content (AvgIpc) is 3.28. The number of rotatable bonds is 3. The van der Waals surface area contributed by atoms with E-state index in [0.29, 0.717) is 17.3 Å². The number of aromatic nitrogens is 4. The van der Waals surface area contributed by atoms with Crippen LogP contribution < -0.4 is 10.6 Å². The van der Waals surface area contributed by atoms with Crippen molar-refractivity contribution < 1.29 is 4.39 Å². The van der Waals surface area contributed by atoms with Gasteiger partial charge in [0.15, 0.2) is 11.5 Å². The van der Waals surface area contributed by atoms with Gasteiger partial charge in [0.25, 0.3) is 0 Å². The molecule has 1 aliphatic heterocycles. The molecule has 1 fully saturated rings. The molecular formula is C20H25FN6. The van der Waals surface area contributed by atoms with Crippen molar-refractivity contribution >= 4 is 16.9 Å². The molecule has 0 radical (unpaired) electrons. The molecule has 0 aliphatic carbocycles. The van der Waals surface area contributed by atoms with Crippen molar-refractivity contribution in [1.29, 1.82) is 0 Å². The highest BCUT2D eigenvalue weighted by Crippen LogP contribution is 2.33. The fourth-order valence-corrected chi connectivity index (χ4v) is 3.81. The minimum Gasteiger partial charge on any atom is -0.356 e. The van der Waals surface area contributed by atoms with E-state index in [-0.39, 0.29) is 23.0 Å². The molecule has 2 unspecified atom stereocenters. The molecule has 1 aliphatic rings. The highest BCUT2D eigenvalue weighted by atomic mass is 19.1. The van der Waals surface area contributed by atoms with Crippen LogP contribution in [0.2, 0.25) is 0 Å². The largest absolute Gasteiger partial charge is 0.356 e. The molecule has 0 spiro atoms. The molecule has 0 saturated carbocycles. The van der Waals surface area contributed by atoms with Crippen LogP contribution in [0.1, 0.15) is 27.2 Å². The number of hydrogen-bond donors (Lipinski definition) is 2. The number of anilines is 1. The fourth-order valence-electron chi connectivity index (χ4n) is 3.81. The zero-order valence-electron chi connectivity index (χ0n) is 15.9. The van der Waals surface area contributed by atoms with Crippen LogP contribution in [0.4, 0.5) is 10.2 Å². The summed E-state index contributed by atoms with van der Waals surface area (Å²) in [5.41, 5.74) is 7.90. The number of H-pyrrole nitrogens is 1. The maximum absolute atomic E-state index is 14.5. The summed E-state index contributed by atoms with van der Waals surface area (Å²) in [6.45, 7) is 8.23. The second-order valence-electron chi connectivity index (χ2n) is 8.36. The van der Waals surface area contributed by atoms with Gasteiger partial charge in [-0.15, -0.1) is 0 Å². The Morgan fingerprint density at radius 1 is 1.30 bits per heavy atom. The van der Waals surface area contributed by atoms with Crippen LogP contribution in [-0.4, -0.2) is 39.3 Å². The molecule has 27 heavy (non-hydrogen) atoms. The summed E-state index contributed by atoms with van der Waals surface area (Å²) >= 11 is 0. The number of nitrogens with zero attached hydrogens (tertiary/aromatic N) is 4. The van der Waals surface area contributed by atoms with Crippen molar-refractivity contribution in [3.63, 3.8) is 0 Å². The first-order valence-corrected chi connectivity index (χ1v) is 9.31. The number of fused-ring (bicyclic) bond motifs is 1. The topological polar surface area (TPSA) is 83.7 Å². The lowest BCUT2D eigenvalue weighted by Gasteiger charge is -2.32. The zero-order chi connectivity index (χ0) is 19.2. The molecule has 7 heteroatoms. The zero-order valence-corrected chi connectivity index (χ0v) is 15.9. The Morgan fingerprint density at radius 2 is 2.11 bits per heavy atom. The number of pyridine rings is 2. The van der Waals surface area contributed by atoms with Gasteiger partial charge in [-0.1, -0.05) is 20.8 Å². The number of hydrogen-bond acceptors (Lipinski definition) is 5. The molecule has 4 rings (SSSR count). The van der Waals surface area contributed by atoms with Crippen molar-refractivity contribution in [2.24, 2.45) is 17.1 Å². The van der Waals surface area contributed by atoms with Gasteiger partial charge in [0.1, 0.15) is 11.5 Å². The van der Waals surface area contributed by atoms with E-state index in [1.165, 1.54) is 6.07 Å². The molecule has 1 saturated heterocycles. The van der Waals surface area contributed by atoms with E-state index in [9.17, 15) is 4.39 Å². The lowest BCUT2D eigenvalue weighted by molar-refractivity contribution is 0.249. The first kappa shape index (κ1) is 17.9. The van der Waals surface area contributed by atoms with E-state index in [1.807, 2.05) is 12.1 Å². The second kappa shape index (κ2) is 6.56. The molecule has 142 valence electrons. The highest BCUT2D eigenvalue weighted by Gasteiger charge is 2.34. The van der Waals surface area contributed by atoms with Crippen molar-refractivity contribution in [2.45, 2.75) is 33.2 Å². The average molecular weight is 368 g/mol. The predicted octanol–water partition coefficient (Wildman–Crippen LogP) is 3.36. The molecule has 3 N–H and O–H groups in total. The monoisotopic (exact) mass is 368 g/mol. The molecular weight excluding hydrogens is 343 g/mol. The summed E-state index contributed by atoms with van der Waals surface area (Å²) in [6, 6.07) is 6.99. The summed E-state index contributed by atoms with van der Waals surface area (Å²) in [5.74, 6) is 0.787. The highest BCUT2D eigenvalue weighted by molar-refractivity contribution is 5.89. The molecule has 0 bridgehead atoms. The molecule has 3 aromatic rings. The third-order valence-corrected chi connectivity index (χ3v) is 5.45. The lowest BCUT2D eigenvalue weighted by Crippen LogP contribution is -2.42. The SMILES string of the molecule is CC(C)(C)C(N)C1CCN(c2ccc(F)c(-c3[nH]nc4ncccc34)n2)C1. The van der Waals surface area contributed by atoms with E-state index in [1.54, 1.807) is 12.3 Å². The predicted molar refractivity (Wildman–Crippen MR) is 105 cm³/mol. The van der Waals surface area contributed by atoms with E-state index >= 15 is 0 Å². The van der Waals surface area contributed by atoms with Crippen molar-refractivity contribution in [3.8, 4) is 11.4 Å². The maximum atomic E-state index is 14.5. The van der Waals surface area contributed by atoms with E-state index in [2.05, 4.69) is 45.8 Å². The van der Waals surface area contributed by atoms with Crippen LogP contribution in [-0.2, 0) is 0 Å². The van der Waals surface area contributed by atoms with E-state index < -0.39 is 0 Å². The molecule has 3 aromatic heterocycles. The number of nitrogens with one attached hydrogen (secondary N) is 1. The summed E-state index contributed by atoms with van der Waals surface area (Å²) in [7, 11) is 0. The van der Waals surface area contributed by atoms with Crippen LogP contribution in [0, 0.1) is 17.2 Å². The molecule has 2 atom stereocenters. The van der Waals surface area contributed by atoms with Gasteiger partial charge < -0.3 is 10.6 Å². The summed E-state index contributed by atoms with van der Waals surface area (Å²) < 4.78 is 14.5. The van der Waals surface area contributed by atoms with Gasteiger partial charge in [-0.2, -0.15) is 5.10 Å². The minimum atomic E-state index is -0.379. The Balaban J connectivity index is 1.64. The first-order valence-electron chi connectivity index (χ1n) is 9.31. The Labute approximate surface area is 158 Å². The quantitative estimate of drug-likeness (QED) is 0.741. The van der Waals surface area contributed by atoms with Gasteiger partial charge in [-0.25, -0.2) is 14.4 Å². The van der Waals surface area contributed by atoms with Gasteiger partial charge >= 0.3 is 0 Å². The number of halogens is 1. The van der Waals surface area contributed by atoms with Gasteiger partial charge in [-0.3, -0.25) is 5.10 Å². The van der Waals surface area contributed by atoms with Gasteiger partial charge in [0, 0.05) is 30.7 Å². The van der Waals surface area contributed by atoms with Crippen molar-refractivity contribution in [1.82, 2.24) is 20.2 Å². The normalized spacial score (nSPS) is 19.0. The van der Waals surface area contributed by atoms with Crippen molar-refractivity contribution in [2.75, 3.05) is 18.0 Å². The third kappa shape index (κ3) is 3.27. The fraction of sp³-hybridized carbons (Fsp3) is 0.450. The van der Waals surface area contributed by atoms with Crippen LogP contribution in [0.5, 0.6) is 0 Å². The van der Waals surface area contributed by atoms with Crippen LogP contribution in [0.25, 0.3) is 22.4 Å². The molecule has 0 aromatic carbocycles. The molecule has 6 nitrogen and oxygen atoms in total. The van der Waals surface area contributed by atoms with E-state index in [4.69, 9.17) is 5.73 Å². The minimum absolute atomic E-state index is 0.0594. The number of nitrogens with two attached hydrogens (primary N) is 1. The summed E-state index contributed by atoms with van der Waals surface area (Å²) in [4.78, 5) is 11.0. The van der Waals surface area contributed by atoms with Crippen LogP contribution >= 0.6 is 0 Å².